The second-order valence-electron chi connectivity index (χ2n) is 7.14. The quantitative estimate of drug-likeness (QED) is 0.730. The van der Waals surface area contributed by atoms with E-state index < -0.39 is 0 Å². The van der Waals surface area contributed by atoms with Gasteiger partial charge in [-0.1, -0.05) is 18.2 Å². The van der Waals surface area contributed by atoms with Crippen molar-refractivity contribution in [3.63, 3.8) is 0 Å². The predicted octanol–water partition coefficient (Wildman–Crippen LogP) is 2.69. The molecule has 0 aliphatic carbocycles. The van der Waals surface area contributed by atoms with Gasteiger partial charge in [0.15, 0.2) is 0 Å². The minimum Gasteiger partial charge on any atom is -0.354 e. The molecular weight excluding hydrogens is 374 g/mol. The van der Waals surface area contributed by atoms with E-state index in [2.05, 4.69) is 21.7 Å². The third-order valence-electron chi connectivity index (χ3n) is 5.39. The van der Waals surface area contributed by atoms with E-state index in [-0.39, 0.29) is 36.7 Å². The molecule has 3 heterocycles. The van der Waals surface area contributed by atoms with Gasteiger partial charge >= 0.3 is 0 Å². The van der Waals surface area contributed by atoms with E-state index >= 15 is 0 Å². The van der Waals surface area contributed by atoms with Gasteiger partial charge in [-0.2, -0.15) is 0 Å². The van der Waals surface area contributed by atoms with Gasteiger partial charge in [-0.15, -0.1) is 11.3 Å². The van der Waals surface area contributed by atoms with Gasteiger partial charge in [-0.05, 0) is 49.5 Å². The molecule has 0 radical (unpaired) electrons. The topological polar surface area (TPSA) is 69.7 Å². The van der Waals surface area contributed by atoms with Crippen LogP contribution < -0.4 is 5.32 Å². The minimum absolute atomic E-state index is 0.103. The third kappa shape index (κ3) is 3.72. The van der Waals surface area contributed by atoms with Crippen molar-refractivity contribution >= 4 is 29.1 Å². The van der Waals surface area contributed by atoms with Crippen LogP contribution in [0.2, 0.25) is 0 Å². The monoisotopic (exact) mass is 397 g/mol. The standard InChI is InChI=1S/C21H23N3O3S/c25-19(9-12-24-20(26)15-6-1-2-7-16(15)21(24)27)22-14-17(18-8-5-13-28-18)23-10-3-4-11-23/h1-2,5-8,13,17H,3-4,9-12,14H2,(H,22,25). The first kappa shape index (κ1) is 18.8. The molecule has 1 atom stereocenters. The number of amides is 3. The molecule has 7 heteroatoms. The zero-order valence-corrected chi connectivity index (χ0v) is 16.4. The summed E-state index contributed by atoms with van der Waals surface area (Å²) in [6.07, 6.45) is 2.49. The Morgan fingerprint density at radius 3 is 2.32 bits per heavy atom. The number of fused-ring (bicyclic) bond motifs is 1. The van der Waals surface area contributed by atoms with Gasteiger partial charge in [-0.3, -0.25) is 24.2 Å². The summed E-state index contributed by atoms with van der Waals surface area (Å²) in [7, 11) is 0. The normalized spacial score (nSPS) is 17.8. The van der Waals surface area contributed by atoms with Crippen LogP contribution in [0, 0.1) is 0 Å². The molecule has 2 aromatic rings. The van der Waals surface area contributed by atoms with Gasteiger partial charge in [0.2, 0.25) is 5.91 Å². The van der Waals surface area contributed by atoms with Gasteiger partial charge in [0.05, 0.1) is 17.2 Å². The number of hydrogen-bond donors (Lipinski definition) is 1. The van der Waals surface area contributed by atoms with Crippen molar-refractivity contribution < 1.29 is 14.4 Å². The van der Waals surface area contributed by atoms with E-state index in [9.17, 15) is 14.4 Å². The van der Waals surface area contributed by atoms with Gasteiger partial charge in [0.25, 0.3) is 11.8 Å². The van der Waals surface area contributed by atoms with Crippen LogP contribution >= 0.6 is 11.3 Å². The molecule has 2 aliphatic rings. The number of imide groups is 1. The maximum absolute atomic E-state index is 12.4. The molecule has 28 heavy (non-hydrogen) atoms. The van der Waals surface area contributed by atoms with Crippen molar-refractivity contribution in [2.75, 3.05) is 26.2 Å². The van der Waals surface area contributed by atoms with Crippen LogP contribution in [0.1, 0.15) is 50.9 Å². The summed E-state index contributed by atoms with van der Waals surface area (Å²) in [6.45, 7) is 2.74. The fraction of sp³-hybridized carbons (Fsp3) is 0.381. The van der Waals surface area contributed by atoms with E-state index in [4.69, 9.17) is 0 Å². The Balaban J connectivity index is 1.32. The Morgan fingerprint density at radius 2 is 1.71 bits per heavy atom. The van der Waals surface area contributed by atoms with Crippen LogP contribution in [0.25, 0.3) is 0 Å². The van der Waals surface area contributed by atoms with E-state index in [1.807, 2.05) is 6.07 Å². The Hall–Kier alpha value is -2.51. The molecule has 2 aliphatic heterocycles. The molecule has 1 saturated heterocycles. The summed E-state index contributed by atoms with van der Waals surface area (Å²) in [5, 5.41) is 5.06. The summed E-state index contributed by atoms with van der Waals surface area (Å²) < 4.78 is 0. The van der Waals surface area contributed by atoms with Gasteiger partial charge in [0.1, 0.15) is 0 Å². The van der Waals surface area contributed by atoms with Gasteiger partial charge in [0, 0.05) is 24.4 Å². The van der Waals surface area contributed by atoms with Crippen molar-refractivity contribution in [3.05, 3.63) is 57.8 Å². The SMILES string of the molecule is O=C(CCN1C(=O)c2ccccc2C1=O)NCC(c1cccs1)N1CCCC1. The first-order valence-corrected chi connectivity index (χ1v) is 10.5. The van der Waals surface area contributed by atoms with Crippen LogP contribution in [-0.4, -0.2) is 53.7 Å². The highest BCUT2D eigenvalue weighted by Gasteiger charge is 2.35. The number of likely N-dealkylation sites (tertiary alicyclic amines) is 1. The molecule has 1 N–H and O–H groups in total. The number of nitrogens with zero attached hydrogens (tertiary/aromatic N) is 2. The molecule has 1 aromatic carbocycles. The molecule has 0 spiro atoms. The minimum atomic E-state index is -0.318. The summed E-state index contributed by atoms with van der Waals surface area (Å²) in [5.74, 6) is -0.777. The summed E-state index contributed by atoms with van der Waals surface area (Å²) in [6, 6.07) is 11.1. The van der Waals surface area contributed by atoms with Crippen LogP contribution in [0.4, 0.5) is 0 Å². The fourth-order valence-corrected chi connectivity index (χ4v) is 4.76. The molecule has 1 unspecified atom stereocenters. The average molecular weight is 398 g/mol. The van der Waals surface area contributed by atoms with Crippen LogP contribution in [0.15, 0.2) is 41.8 Å². The van der Waals surface area contributed by atoms with Crippen molar-refractivity contribution in [2.24, 2.45) is 0 Å². The number of carbonyl (C=O) groups excluding carboxylic acids is 3. The molecule has 1 fully saturated rings. The lowest BCUT2D eigenvalue weighted by Gasteiger charge is -2.27. The molecule has 1 aromatic heterocycles. The number of benzene rings is 1. The van der Waals surface area contributed by atoms with E-state index in [1.165, 1.54) is 22.6 Å². The Labute approximate surface area is 168 Å². The molecule has 4 rings (SSSR count). The Morgan fingerprint density at radius 1 is 1.04 bits per heavy atom. The van der Waals surface area contributed by atoms with Crippen molar-refractivity contribution in [1.29, 1.82) is 0 Å². The maximum Gasteiger partial charge on any atom is 0.261 e. The number of nitrogens with one attached hydrogen (secondary N) is 1. The zero-order chi connectivity index (χ0) is 19.5. The van der Waals surface area contributed by atoms with Gasteiger partial charge in [-0.25, -0.2) is 0 Å². The second kappa shape index (κ2) is 8.24. The van der Waals surface area contributed by atoms with E-state index in [0.717, 1.165) is 13.1 Å². The smallest absolute Gasteiger partial charge is 0.261 e. The average Bonchev–Trinajstić information content (AvgIpc) is 3.45. The van der Waals surface area contributed by atoms with E-state index in [0.29, 0.717) is 17.7 Å². The van der Waals surface area contributed by atoms with Crippen LogP contribution in [0.5, 0.6) is 0 Å². The maximum atomic E-state index is 12.4. The fourth-order valence-electron chi connectivity index (χ4n) is 3.90. The van der Waals surface area contributed by atoms with E-state index in [1.54, 1.807) is 35.6 Å². The van der Waals surface area contributed by atoms with Crippen LogP contribution in [-0.2, 0) is 4.79 Å². The predicted molar refractivity (Wildman–Crippen MR) is 107 cm³/mol. The highest BCUT2D eigenvalue weighted by atomic mass is 32.1. The lowest BCUT2D eigenvalue weighted by molar-refractivity contribution is -0.121. The van der Waals surface area contributed by atoms with Crippen molar-refractivity contribution in [1.82, 2.24) is 15.1 Å². The number of rotatable bonds is 7. The Bertz CT molecular complexity index is 840. The second-order valence-corrected chi connectivity index (χ2v) is 8.12. The third-order valence-corrected chi connectivity index (χ3v) is 6.36. The molecule has 0 saturated carbocycles. The molecular formula is C21H23N3O3S. The lowest BCUT2D eigenvalue weighted by atomic mass is 10.1. The zero-order valence-electron chi connectivity index (χ0n) is 15.6. The van der Waals surface area contributed by atoms with Crippen molar-refractivity contribution in [2.45, 2.75) is 25.3 Å². The molecule has 0 bridgehead atoms. The number of thiophene rings is 1. The summed E-state index contributed by atoms with van der Waals surface area (Å²) in [4.78, 5) is 42.0. The Kier molecular flexibility index (Phi) is 5.54. The van der Waals surface area contributed by atoms with Crippen molar-refractivity contribution in [3.8, 4) is 0 Å². The molecule has 3 amide bonds. The largest absolute Gasteiger partial charge is 0.354 e. The highest BCUT2D eigenvalue weighted by Crippen LogP contribution is 2.28. The first-order valence-electron chi connectivity index (χ1n) is 9.64. The molecule has 6 nitrogen and oxygen atoms in total. The lowest BCUT2D eigenvalue weighted by Crippen LogP contribution is -2.38. The highest BCUT2D eigenvalue weighted by molar-refractivity contribution is 7.10. The number of carbonyl (C=O) groups is 3. The summed E-state index contributed by atoms with van der Waals surface area (Å²) in [5.41, 5.74) is 0.833. The number of hydrogen-bond acceptors (Lipinski definition) is 5. The molecule has 146 valence electrons. The van der Waals surface area contributed by atoms with Crippen LogP contribution in [0.3, 0.4) is 0 Å². The summed E-state index contributed by atoms with van der Waals surface area (Å²) >= 11 is 1.71. The van der Waals surface area contributed by atoms with Gasteiger partial charge < -0.3 is 5.32 Å². The first-order chi connectivity index (χ1) is 13.6.